The maximum Gasteiger partial charge on any atom is 0.155 e. The molecule has 0 fully saturated rings. The molecule has 35 heavy (non-hydrogen) atoms. The fraction of sp³-hybridized carbons (Fsp3) is 0.133. The number of ketones is 1. The van der Waals surface area contributed by atoms with E-state index in [1.807, 2.05) is 12.3 Å². The molecular formula is C30H26IrNO2Si-. The Morgan fingerprint density at radius 1 is 0.914 bits per heavy atom. The number of aromatic nitrogens is 1. The molecule has 0 atom stereocenters. The number of nitrogens with zero attached hydrogens (tertiary/aromatic N) is 1. The second-order valence-electron chi connectivity index (χ2n) is 9.37. The third kappa shape index (κ3) is 4.25. The molecule has 4 aromatic carbocycles. The van der Waals surface area contributed by atoms with Crippen molar-refractivity contribution in [3.63, 3.8) is 0 Å². The Morgan fingerprint density at radius 3 is 2.40 bits per heavy atom. The summed E-state index contributed by atoms with van der Waals surface area (Å²) in [5.74, 6) is -0.0625. The van der Waals surface area contributed by atoms with Gasteiger partial charge in [0.05, 0.1) is 13.8 Å². The van der Waals surface area contributed by atoms with Crippen LogP contribution in [0.3, 0.4) is 0 Å². The number of fused-ring (bicyclic) bond motifs is 6. The van der Waals surface area contributed by atoms with Crippen molar-refractivity contribution >= 4 is 56.5 Å². The predicted molar refractivity (Wildman–Crippen MR) is 145 cm³/mol. The van der Waals surface area contributed by atoms with Crippen molar-refractivity contribution < 1.29 is 30.0 Å². The molecule has 1 radical (unpaired) electrons. The molecule has 0 bridgehead atoms. The molecule has 1 aliphatic heterocycles. The van der Waals surface area contributed by atoms with Gasteiger partial charge in [-0.3, -0.25) is 4.79 Å². The van der Waals surface area contributed by atoms with Crippen LogP contribution in [0.15, 0.2) is 84.8 Å². The van der Waals surface area contributed by atoms with Crippen molar-refractivity contribution in [2.45, 2.75) is 26.9 Å². The number of rotatable bonds is 1. The van der Waals surface area contributed by atoms with E-state index in [4.69, 9.17) is 10.1 Å². The van der Waals surface area contributed by atoms with E-state index >= 15 is 0 Å². The summed E-state index contributed by atoms with van der Waals surface area (Å²) in [6, 6.07) is 27.8. The molecule has 177 valence electrons. The van der Waals surface area contributed by atoms with Crippen molar-refractivity contribution in [3.8, 4) is 11.3 Å². The summed E-state index contributed by atoms with van der Waals surface area (Å²) in [5, 5.41) is 19.3. The fourth-order valence-corrected chi connectivity index (χ4v) is 8.14. The number of aliphatic hydroxyl groups is 1. The van der Waals surface area contributed by atoms with Gasteiger partial charge in [-0.05, 0) is 57.9 Å². The average Bonchev–Trinajstić information content (AvgIpc) is 2.81. The molecule has 0 saturated carbocycles. The summed E-state index contributed by atoms with van der Waals surface area (Å²) in [6.45, 7) is 7.77. The van der Waals surface area contributed by atoms with Crippen LogP contribution in [0.4, 0.5) is 0 Å². The first-order valence-corrected chi connectivity index (χ1v) is 14.4. The third-order valence-corrected chi connectivity index (χ3v) is 10.1. The first-order valence-electron chi connectivity index (χ1n) is 11.4. The molecular weight excluding hydrogens is 627 g/mol. The van der Waals surface area contributed by atoms with E-state index in [1.165, 1.54) is 68.2 Å². The molecule has 0 unspecified atom stereocenters. The van der Waals surface area contributed by atoms with Crippen molar-refractivity contribution in [1.29, 1.82) is 0 Å². The van der Waals surface area contributed by atoms with E-state index in [1.54, 1.807) is 0 Å². The number of carbonyl (C=O) groups excluding carboxylic acids is 1. The Morgan fingerprint density at radius 2 is 1.69 bits per heavy atom. The van der Waals surface area contributed by atoms with Crippen molar-refractivity contribution in [3.05, 3.63) is 90.8 Å². The van der Waals surface area contributed by atoms with Crippen LogP contribution in [0.25, 0.3) is 43.6 Å². The minimum Gasteiger partial charge on any atom is -0.512 e. The molecule has 5 aromatic rings. The Kier molecular flexibility index (Phi) is 6.78. The van der Waals surface area contributed by atoms with Gasteiger partial charge in [0, 0.05) is 32.4 Å². The van der Waals surface area contributed by atoms with Gasteiger partial charge >= 0.3 is 0 Å². The van der Waals surface area contributed by atoms with Crippen LogP contribution in [0.2, 0.25) is 13.1 Å². The Labute approximate surface area is 219 Å². The zero-order valence-corrected chi connectivity index (χ0v) is 23.5. The number of hydrogen-bond donors (Lipinski definition) is 1. The van der Waals surface area contributed by atoms with Crippen LogP contribution in [-0.2, 0) is 24.9 Å². The van der Waals surface area contributed by atoms with Crippen molar-refractivity contribution in [2.75, 3.05) is 0 Å². The van der Waals surface area contributed by atoms with Crippen LogP contribution >= 0.6 is 0 Å². The zero-order valence-electron chi connectivity index (χ0n) is 20.1. The smallest absolute Gasteiger partial charge is 0.155 e. The quantitative estimate of drug-likeness (QED) is 0.0774. The predicted octanol–water partition coefficient (Wildman–Crippen LogP) is 6.18. The first-order chi connectivity index (χ1) is 16.3. The van der Waals surface area contributed by atoms with Crippen molar-refractivity contribution in [2.24, 2.45) is 0 Å². The molecule has 0 saturated heterocycles. The second kappa shape index (κ2) is 9.50. The van der Waals surface area contributed by atoms with E-state index in [0.29, 0.717) is 0 Å². The largest absolute Gasteiger partial charge is 0.512 e. The molecule has 1 aliphatic rings. The van der Waals surface area contributed by atoms with E-state index < -0.39 is 8.07 Å². The van der Waals surface area contributed by atoms with Crippen molar-refractivity contribution in [1.82, 2.24) is 4.98 Å². The third-order valence-electron chi connectivity index (χ3n) is 6.62. The minimum atomic E-state index is -1.84. The summed E-state index contributed by atoms with van der Waals surface area (Å²) in [5.41, 5.74) is 2.30. The van der Waals surface area contributed by atoms with E-state index in [-0.39, 0.29) is 31.6 Å². The summed E-state index contributed by atoms with van der Waals surface area (Å²) in [4.78, 5) is 14.8. The van der Waals surface area contributed by atoms with Gasteiger partial charge in [0.15, 0.2) is 5.78 Å². The number of allylic oxidation sites excluding steroid dienone is 2. The van der Waals surface area contributed by atoms with Gasteiger partial charge < -0.3 is 10.1 Å². The van der Waals surface area contributed by atoms with Crippen LogP contribution in [-0.4, -0.2) is 23.9 Å². The summed E-state index contributed by atoms with van der Waals surface area (Å²) in [6.07, 6.45) is 3.13. The number of benzene rings is 4. The van der Waals surface area contributed by atoms with E-state index in [9.17, 15) is 4.79 Å². The Hall–Kier alpha value is -3.11. The fourth-order valence-electron chi connectivity index (χ4n) is 5.14. The van der Waals surface area contributed by atoms with Gasteiger partial charge in [-0.15, -0.1) is 35.0 Å². The number of aliphatic hydroxyl groups excluding tert-OH is 1. The molecule has 0 spiro atoms. The monoisotopic (exact) mass is 653 g/mol. The molecule has 0 amide bonds. The van der Waals surface area contributed by atoms with E-state index in [2.05, 4.69) is 79.8 Å². The molecule has 1 N–H and O–H groups in total. The molecule has 5 heteroatoms. The number of hydrogen-bond acceptors (Lipinski definition) is 3. The maximum atomic E-state index is 10.0. The summed E-state index contributed by atoms with van der Waals surface area (Å²) >= 11 is 0. The minimum absolute atomic E-state index is 0. The summed E-state index contributed by atoms with van der Waals surface area (Å²) < 4.78 is 0. The standard InChI is InChI=1S/C25H18NSi.C5H8O2.Ir/c1-27(2)22-10-6-5-9-20(22)25-24-19(13-14-26-25)18-12-11-16-7-3-4-8-17(16)21(18)15-23(24)27;1-4(6)3-5(2)7;/h3-8,10-15H,1-2H3;3,6H,1-2H3;/q-1;;/b;4-3-;. The van der Waals surface area contributed by atoms with Crippen LogP contribution in [0.1, 0.15) is 13.8 Å². The Balaban J connectivity index is 0.000000320. The summed E-state index contributed by atoms with van der Waals surface area (Å²) in [7, 11) is -1.84. The maximum absolute atomic E-state index is 10.0. The zero-order chi connectivity index (χ0) is 24.0. The van der Waals surface area contributed by atoms with Crippen LogP contribution < -0.4 is 10.4 Å². The number of pyridine rings is 1. The molecule has 3 nitrogen and oxygen atoms in total. The van der Waals surface area contributed by atoms with E-state index in [0.717, 1.165) is 5.69 Å². The topological polar surface area (TPSA) is 50.2 Å². The van der Waals surface area contributed by atoms with Crippen LogP contribution in [0.5, 0.6) is 0 Å². The molecule has 0 aliphatic carbocycles. The molecule has 2 heterocycles. The first kappa shape index (κ1) is 25.0. The normalized spacial score (nSPS) is 13.5. The number of carbonyl (C=O) groups is 1. The van der Waals surface area contributed by atoms with Gasteiger partial charge in [0.2, 0.25) is 0 Å². The van der Waals surface area contributed by atoms with Gasteiger partial charge in [0.1, 0.15) is 0 Å². The molecule has 1 aromatic heterocycles. The second-order valence-corrected chi connectivity index (χ2v) is 13.7. The van der Waals surface area contributed by atoms with Gasteiger partial charge in [-0.1, -0.05) is 60.7 Å². The average molecular weight is 653 g/mol. The van der Waals surface area contributed by atoms with Gasteiger partial charge in [-0.2, -0.15) is 0 Å². The molecule has 6 rings (SSSR count). The Bertz CT molecular complexity index is 1630. The van der Waals surface area contributed by atoms with Gasteiger partial charge in [0.25, 0.3) is 0 Å². The van der Waals surface area contributed by atoms with Crippen LogP contribution in [0, 0.1) is 6.07 Å². The SMILES string of the molecule is CC(=O)/C=C(/C)O.C[Si]1(C)c2ccc[c-]c2-c2nccc3c2c1cc1c2ccccc2ccc31.[Ir]. The van der Waals surface area contributed by atoms with Gasteiger partial charge in [-0.25, -0.2) is 0 Å².